The van der Waals surface area contributed by atoms with E-state index in [0.29, 0.717) is 6.54 Å². The Labute approximate surface area is 109 Å². The van der Waals surface area contributed by atoms with E-state index < -0.39 is 0 Å². The zero-order valence-corrected chi connectivity index (χ0v) is 10.5. The summed E-state index contributed by atoms with van der Waals surface area (Å²) in [6.45, 7) is 0.432. The van der Waals surface area contributed by atoms with E-state index >= 15 is 0 Å². The molecule has 0 atom stereocenters. The van der Waals surface area contributed by atoms with E-state index in [2.05, 4.69) is 17.1 Å². The molecule has 0 bridgehead atoms. The number of aromatic nitrogens is 1. The quantitative estimate of drug-likeness (QED) is 0.780. The van der Waals surface area contributed by atoms with Crippen molar-refractivity contribution >= 4 is 11.3 Å². The Morgan fingerprint density at radius 1 is 1.11 bits per heavy atom. The van der Waals surface area contributed by atoms with Gasteiger partial charge in [0.05, 0.1) is 16.8 Å². The molecule has 1 aromatic carbocycles. The maximum Gasteiger partial charge on any atom is 0.162 e. The molecule has 0 spiro atoms. The molecule has 0 aliphatic carbocycles. The molecule has 18 heavy (non-hydrogen) atoms. The summed E-state index contributed by atoms with van der Waals surface area (Å²) in [6, 6.07) is 13.9. The SMILES string of the molecule is NCc1nc(-c2ccco2)sc1-c1ccccc1. The topological polar surface area (TPSA) is 52.0 Å². The van der Waals surface area contributed by atoms with Crippen LogP contribution in [0.3, 0.4) is 0 Å². The first kappa shape index (κ1) is 11.2. The molecule has 0 aliphatic heterocycles. The smallest absolute Gasteiger partial charge is 0.162 e. The van der Waals surface area contributed by atoms with E-state index in [1.54, 1.807) is 17.6 Å². The highest BCUT2D eigenvalue weighted by molar-refractivity contribution is 7.18. The number of nitrogens with two attached hydrogens (primary N) is 1. The Morgan fingerprint density at radius 3 is 2.61 bits per heavy atom. The Hall–Kier alpha value is -1.91. The molecule has 2 heterocycles. The summed E-state index contributed by atoms with van der Waals surface area (Å²) in [5.41, 5.74) is 7.83. The van der Waals surface area contributed by atoms with Crippen LogP contribution in [0.2, 0.25) is 0 Å². The Morgan fingerprint density at radius 2 is 1.94 bits per heavy atom. The standard InChI is InChI=1S/C14H12N2OS/c15-9-11-13(10-5-2-1-3-6-10)18-14(16-11)12-7-4-8-17-12/h1-8H,9,15H2. The first-order valence-electron chi connectivity index (χ1n) is 5.67. The van der Waals surface area contributed by atoms with Crippen LogP contribution in [0.1, 0.15) is 5.69 Å². The number of furan rings is 1. The third-order valence-electron chi connectivity index (χ3n) is 2.66. The molecule has 0 saturated heterocycles. The highest BCUT2D eigenvalue weighted by Gasteiger charge is 2.14. The highest BCUT2D eigenvalue weighted by atomic mass is 32.1. The molecular formula is C14H12N2OS. The van der Waals surface area contributed by atoms with Gasteiger partial charge in [-0.25, -0.2) is 4.98 Å². The summed E-state index contributed by atoms with van der Waals surface area (Å²) in [5, 5.41) is 0.874. The molecule has 3 aromatic rings. The largest absolute Gasteiger partial charge is 0.462 e. The average molecular weight is 256 g/mol. The van der Waals surface area contributed by atoms with Crippen molar-refractivity contribution in [3.05, 3.63) is 54.4 Å². The lowest BCUT2D eigenvalue weighted by molar-refractivity contribution is 0.581. The van der Waals surface area contributed by atoms with E-state index in [1.807, 2.05) is 30.3 Å². The molecule has 0 saturated carbocycles. The van der Waals surface area contributed by atoms with Crippen LogP contribution >= 0.6 is 11.3 Å². The predicted octanol–water partition coefficient (Wildman–Crippen LogP) is 3.53. The molecule has 0 fully saturated rings. The van der Waals surface area contributed by atoms with Gasteiger partial charge in [0, 0.05) is 6.54 Å². The summed E-state index contributed by atoms with van der Waals surface area (Å²) >= 11 is 1.61. The van der Waals surface area contributed by atoms with Crippen molar-refractivity contribution in [2.75, 3.05) is 0 Å². The summed E-state index contributed by atoms with van der Waals surface area (Å²) in [6.07, 6.45) is 1.65. The second kappa shape index (κ2) is 4.76. The lowest BCUT2D eigenvalue weighted by Crippen LogP contribution is -1.98. The number of thiazole rings is 1. The van der Waals surface area contributed by atoms with Crippen molar-refractivity contribution in [1.29, 1.82) is 0 Å². The fraction of sp³-hybridized carbons (Fsp3) is 0.0714. The number of hydrogen-bond acceptors (Lipinski definition) is 4. The first-order valence-corrected chi connectivity index (χ1v) is 6.49. The maximum atomic E-state index is 5.77. The van der Waals surface area contributed by atoms with Crippen molar-refractivity contribution in [3.8, 4) is 21.2 Å². The molecule has 0 aliphatic rings. The van der Waals surface area contributed by atoms with Crippen LogP contribution in [-0.4, -0.2) is 4.98 Å². The molecule has 3 nitrogen and oxygen atoms in total. The van der Waals surface area contributed by atoms with Gasteiger partial charge >= 0.3 is 0 Å². The van der Waals surface area contributed by atoms with Gasteiger partial charge in [0.25, 0.3) is 0 Å². The minimum absolute atomic E-state index is 0.432. The minimum atomic E-state index is 0.432. The van der Waals surface area contributed by atoms with Crippen molar-refractivity contribution in [2.45, 2.75) is 6.54 Å². The predicted molar refractivity (Wildman–Crippen MR) is 73.1 cm³/mol. The van der Waals surface area contributed by atoms with E-state index in [-0.39, 0.29) is 0 Å². The summed E-state index contributed by atoms with van der Waals surface area (Å²) in [5.74, 6) is 0.789. The summed E-state index contributed by atoms with van der Waals surface area (Å²) in [4.78, 5) is 5.66. The number of rotatable bonds is 3. The normalized spacial score (nSPS) is 10.7. The Kier molecular flexibility index (Phi) is 2.96. The average Bonchev–Trinajstić information content (AvgIpc) is 3.08. The van der Waals surface area contributed by atoms with Gasteiger partial charge in [-0.3, -0.25) is 0 Å². The second-order valence-electron chi connectivity index (χ2n) is 3.84. The molecule has 90 valence electrons. The minimum Gasteiger partial charge on any atom is -0.462 e. The van der Waals surface area contributed by atoms with Crippen LogP contribution in [0.25, 0.3) is 21.2 Å². The van der Waals surface area contributed by atoms with Gasteiger partial charge in [-0.2, -0.15) is 0 Å². The van der Waals surface area contributed by atoms with Crippen LogP contribution < -0.4 is 5.73 Å². The van der Waals surface area contributed by atoms with Crippen LogP contribution in [0.4, 0.5) is 0 Å². The zero-order valence-electron chi connectivity index (χ0n) is 9.67. The van der Waals surface area contributed by atoms with E-state index in [9.17, 15) is 0 Å². The fourth-order valence-corrected chi connectivity index (χ4v) is 2.88. The molecular weight excluding hydrogens is 244 g/mol. The number of hydrogen-bond donors (Lipinski definition) is 1. The Balaban J connectivity index is 2.10. The number of benzene rings is 1. The molecule has 0 unspecified atom stereocenters. The van der Waals surface area contributed by atoms with Gasteiger partial charge < -0.3 is 10.2 Å². The van der Waals surface area contributed by atoms with Crippen molar-refractivity contribution in [1.82, 2.24) is 4.98 Å². The van der Waals surface area contributed by atoms with Gasteiger partial charge in [0.15, 0.2) is 10.8 Å². The van der Waals surface area contributed by atoms with Gasteiger partial charge in [-0.05, 0) is 17.7 Å². The molecule has 0 radical (unpaired) electrons. The van der Waals surface area contributed by atoms with Crippen molar-refractivity contribution in [3.63, 3.8) is 0 Å². The Bertz CT molecular complexity index is 629. The fourth-order valence-electron chi connectivity index (χ4n) is 1.81. The molecule has 2 N–H and O–H groups in total. The first-order chi connectivity index (χ1) is 8.88. The van der Waals surface area contributed by atoms with Gasteiger partial charge in [0.2, 0.25) is 0 Å². The third kappa shape index (κ3) is 1.96. The summed E-state index contributed by atoms with van der Waals surface area (Å²) < 4.78 is 5.38. The van der Waals surface area contributed by atoms with Crippen LogP contribution in [-0.2, 0) is 6.54 Å². The highest BCUT2D eigenvalue weighted by Crippen LogP contribution is 2.35. The molecule has 2 aromatic heterocycles. The van der Waals surface area contributed by atoms with E-state index in [1.165, 1.54) is 0 Å². The summed E-state index contributed by atoms with van der Waals surface area (Å²) in [7, 11) is 0. The maximum absolute atomic E-state index is 5.77. The van der Waals surface area contributed by atoms with E-state index in [0.717, 1.165) is 26.9 Å². The number of nitrogens with zero attached hydrogens (tertiary/aromatic N) is 1. The van der Waals surface area contributed by atoms with Gasteiger partial charge in [-0.15, -0.1) is 11.3 Å². The molecule has 4 heteroatoms. The van der Waals surface area contributed by atoms with Crippen LogP contribution in [0.5, 0.6) is 0 Å². The molecule has 0 amide bonds. The third-order valence-corrected chi connectivity index (χ3v) is 3.82. The lowest BCUT2D eigenvalue weighted by Gasteiger charge is -1.98. The van der Waals surface area contributed by atoms with E-state index in [4.69, 9.17) is 10.2 Å². The zero-order chi connectivity index (χ0) is 12.4. The monoisotopic (exact) mass is 256 g/mol. The van der Waals surface area contributed by atoms with Crippen LogP contribution in [0, 0.1) is 0 Å². The molecule has 3 rings (SSSR count). The second-order valence-corrected chi connectivity index (χ2v) is 4.84. The van der Waals surface area contributed by atoms with Crippen LogP contribution in [0.15, 0.2) is 53.1 Å². The van der Waals surface area contributed by atoms with Gasteiger partial charge in [0.1, 0.15) is 0 Å². The van der Waals surface area contributed by atoms with Crippen molar-refractivity contribution in [2.24, 2.45) is 5.73 Å². The van der Waals surface area contributed by atoms with Gasteiger partial charge in [-0.1, -0.05) is 30.3 Å². The lowest BCUT2D eigenvalue weighted by atomic mass is 10.1. The van der Waals surface area contributed by atoms with Crippen molar-refractivity contribution < 1.29 is 4.42 Å².